The third-order valence-electron chi connectivity index (χ3n) is 5.55. The average Bonchev–Trinajstić information content (AvgIpc) is 2.63. The molecule has 2 aliphatic rings. The van der Waals surface area contributed by atoms with Gasteiger partial charge in [0.1, 0.15) is 0 Å². The highest BCUT2D eigenvalue weighted by atomic mass is 32.2. The molecule has 156 valence electrons. The normalized spacial score (nSPS) is 22.1. The Morgan fingerprint density at radius 2 is 1.86 bits per heavy atom. The van der Waals surface area contributed by atoms with Gasteiger partial charge in [-0.25, -0.2) is 13.6 Å². The summed E-state index contributed by atoms with van der Waals surface area (Å²) in [6.45, 7) is 5.50. The Morgan fingerprint density at radius 3 is 2.39 bits per heavy atom. The summed E-state index contributed by atoms with van der Waals surface area (Å²) in [5.41, 5.74) is -0.370. The first-order chi connectivity index (χ1) is 13.0. The molecule has 1 spiro atoms. The van der Waals surface area contributed by atoms with Crippen molar-refractivity contribution in [2.75, 3.05) is 19.8 Å². The van der Waals surface area contributed by atoms with Crippen molar-refractivity contribution in [1.29, 1.82) is 0 Å². The van der Waals surface area contributed by atoms with E-state index in [1.54, 1.807) is 0 Å². The van der Waals surface area contributed by atoms with Gasteiger partial charge in [-0.15, -0.1) is 0 Å². The number of nitrogens with two attached hydrogens (primary N) is 1. The van der Waals surface area contributed by atoms with E-state index >= 15 is 0 Å². The van der Waals surface area contributed by atoms with Gasteiger partial charge in [-0.3, -0.25) is 10.1 Å². The van der Waals surface area contributed by atoms with E-state index in [-0.39, 0.29) is 22.0 Å². The van der Waals surface area contributed by atoms with Crippen molar-refractivity contribution in [3.8, 4) is 5.75 Å². The maximum atomic E-state index is 11.4. The molecule has 0 atom stereocenters. The van der Waals surface area contributed by atoms with Crippen LogP contribution in [0.2, 0.25) is 0 Å². The molecule has 1 aliphatic heterocycles. The van der Waals surface area contributed by atoms with E-state index in [1.165, 1.54) is 12.1 Å². The van der Waals surface area contributed by atoms with Gasteiger partial charge < -0.3 is 14.2 Å². The van der Waals surface area contributed by atoms with E-state index in [1.807, 2.05) is 13.8 Å². The maximum Gasteiger partial charge on any atom is 0.312 e. The summed E-state index contributed by atoms with van der Waals surface area (Å²) in [6, 6.07) is 3.43. The minimum absolute atomic E-state index is 0.0369. The standard InChI is InChI=1S/C18H26N2O7S/c1-17(2)26-11-18(12-27-17)7-5-13(6-8-18)10-25-16-4-3-14(28(19,23)24)9-15(16)20(21)22/h3-4,9,13H,5-8,10-12H2,1-2H3,(H2,19,23,24). The number of nitro groups is 1. The molecule has 0 unspecified atom stereocenters. The van der Waals surface area contributed by atoms with Crippen molar-refractivity contribution in [2.45, 2.75) is 50.2 Å². The van der Waals surface area contributed by atoms with Crippen molar-refractivity contribution in [3.63, 3.8) is 0 Å². The van der Waals surface area contributed by atoms with Crippen molar-refractivity contribution >= 4 is 15.7 Å². The van der Waals surface area contributed by atoms with Crippen LogP contribution in [-0.2, 0) is 19.5 Å². The van der Waals surface area contributed by atoms with E-state index in [0.29, 0.717) is 19.8 Å². The third kappa shape index (κ3) is 4.80. The lowest BCUT2D eigenvalue weighted by Gasteiger charge is -2.46. The maximum absolute atomic E-state index is 11.4. The fraction of sp³-hybridized carbons (Fsp3) is 0.667. The van der Waals surface area contributed by atoms with E-state index in [4.69, 9.17) is 19.3 Å². The smallest absolute Gasteiger partial charge is 0.312 e. The fourth-order valence-electron chi connectivity index (χ4n) is 3.63. The van der Waals surface area contributed by atoms with Crippen LogP contribution in [0.15, 0.2) is 23.1 Å². The molecular weight excluding hydrogens is 388 g/mol. The highest BCUT2D eigenvalue weighted by molar-refractivity contribution is 7.89. The Bertz CT molecular complexity index is 833. The van der Waals surface area contributed by atoms with E-state index in [0.717, 1.165) is 31.7 Å². The Kier molecular flexibility index (Phi) is 5.68. The third-order valence-corrected chi connectivity index (χ3v) is 6.46. The second kappa shape index (κ2) is 7.58. The topological polar surface area (TPSA) is 131 Å². The molecule has 1 aromatic rings. The number of nitro benzene ring substituents is 1. The molecule has 2 N–H and O–H groups in total. The number of hydrogen-bond donors (Lipinski definition) is 1. The summed E-state index contributed by atoms with van der Waals surface area (Å²) < 4.78 is 40.1. The quantitative estimate of drug-likeness (QED) is 0.578. The number of rotatable bonds is 5. The largest absolute Gasteiger partial charge is 0.487 e. The van der Waals surface area contributed by atoms with Gasteiger partial charge in [0.2, 0.25) is 10.0 Å². The molecule has 1 aliphatic carbocycles. The van der Waals surface area contributed by atoms with Crippen molar-refractivity contribution in [1.82, 2.24) is 0 Å². The van der Waals surface area contributed by atoms with Crippen LogP contribution in [0.4, 0.5) is 5.69 Å². The highest BCUT2D eigenvalue weighted by Gasteiger charge is 2.42. The molecule has 0 bridgehead atoms. The van der Waals surface area contributed by atoms with Crippen molar-refractivity contribution < 1.29 is 27.6 Å². The predicted octanol–water partition coefficient (Wildman–Crippen LogP) is 2.58. The molecule has 3 rings (SSSR count). The molecule has 1 saturated heterocycles. The fourth-order valence-corrected chi connectivity index (χ4v) is 4.16. The summed E-state index contributed by atoms with van der Waals surface area (Å²) in [6.07, 6.45) is 3.72. The monoisotopic (exact) mass is 414 g/mol. The van der Waals surface area contributed by atoms with Crippen molar-refractivity contribution in [2.24, 2.45) is 16.5 Å². The summed E-state index contributed by atoms with van der Waals surface area (Å²) >= 11 is 0. The van der Waals surface area contributed by atoms with Crippen LogP contribution in [0.5, 0.6) is 5.75 Å². The predicted molar refractivity (Wildman–Crippen MR) is 100 cm³/mol. The summed E-state index contributed by atoms with van der Waals surface area (Å²) in [5.74, 6) is -0.227. The molecule has 10 heteroatoms. The van der Waals surface area contributed by atoms with Crippen LogP contribution in [-0.4, -0.2) is 38.9 Å². The Hall–Kier alpha value is -1.75. The minimum atomic E-state index is -4.02. The first-order valence-electron chi connectivity index (χ1n) is 9.22. The minimum Gasteiger partial charge on any atom is -0.487 e. The van der Waals surface area contributed by atoms with Gasteiger partial charge in [0.15, 0.2) is 11.5 Å². The number of primary sulfonamides is 1. The average molecular weight is 414 g/mol. The molecule has 0 amide bonds. The van der Waals surface area contributed by atoms with Gasteiger partial charge in [-0.1, -0.05) is 0 Å². The SMILES string of the molecule is CC1(C)OCC2(CCC(COc3ccc(S(N)(=O)=O)cc3[N+](=O)[O-])CC2)CO1. The van der Waals surface area contributed by atoms with Crippen LogP contribution in [0.3, 0.4) is 0 Å². The second-order valence-electron chi connectivity index (χ2n) is 8.16. The van der Waals surface area contributed by atoms with E-state index in [9.17, 15) is 18.5 Å². The first-order valence-corrected chi connectivity index (χ1v) is 10.8. The molecule has 1 saturated carbocycles. The Labute approximate surface area is 164 Å². The summed E-state index contributed by atoms with van der Waals surface area (Å²) in [5, 5.41) is 16.3. The molecule has 0 aromatic heterocycles. The van der Waals surface area contributed by atoms with Crippen molar-refractivity contribution in [3.05, 3.63) is 28.3 Å². The zero-order valence-electron chi connectivity index (χ0n) is 16.0. The zero-order valence-corrected chi connectivity index (χ0v) is 16.9. The van der Waals surface area contributed by atoms with Crippen LogP contribution in [0.25, 0.3) is 0 Å². The van der Waals surface area contributed by atoms with Gasteiger partial charge in [0.05, 0.1) is 29.6 Å². The summed E-state index contributed by atoms with van der Waals surface area (Å²) in [7, 11) is -4.02. The van der Waals surface area contributed by atoms with E-state index in [2.05, 4.69) is 0 Å². The summed E-state index contributed by atoms with van der Waals surface area (Å²) in [4.78, 5) is 10.3. The number of hydrogen-bond acceptors (Lipinski definition) is 7. The van der Waals surface area contributed by atoms with Gasteiger partial charge in [-0.2, -0.15) is 0 Å². The van der Waals surface area contributed by atoms with Gasteiger partial charge in [0, 0.05) is 11.5 Å². The van der Waals surface area contributed by atoms with Gasteiger partial charge >= 0.3 is 5.69 Å². The number of sulfonamides is 1. The molecule has 9 nitrogen and oxygen atoms in total. The number of ether oxygens (including phenoxy) is 3. The second-order valence-corrected chi connectivity index (χ2v) is 9.72. The lowest BCUT2D eigenvalue weighted by Crippen LogP contribution is -2.48. The molecule has 2 fully saturated rings. The zero-order chi connectivity index (χ0) is 20.6. The molecule has 1 heterocycles. The van der Waals surface area contributed by atoms with Gasteiger partial charge in [-0.05, 0) is 57.6 Å². The lowest BCUT2D eigenvalue weighted by molar-refractivity contribution is -0.386. The first kappa shape index (κ1) is 21.0. The van der Waals surface area contributed by atoms with Crippen LogP contribution < -0.4 is 9.88 Å². The highest BCUT2D eigenvalue weighted by Crippen LogP contribution is 2.43. The number of benzene rings is 1. The van der Waals surface area contributed by atoms with Gasteiger partial charge in [0.25, 0.3) is 0 Å². The molecular formula is C18H26N2O7S. The number of nitrogens with zero attached hydrogens (tertiary/aromatic N) is 1. The lowest BCUT2D eigenvalue weighted by atomic mass is 9.71. The molecule has 28 heavy (non-hydrogen) atoms. The van der Waals surface area contributed by atoms with Crippen LogP contribution in [0, 0.1) is 21.4 Å². The molecule has 1 aromatic carbocycles. The Balaban J connectivity index is 1.59. The Morgan fingerprint density at radius 1 is 1.25 bits per heavy atom. The van der Waals surface area contributed by atoms with Crippen LogP contribution in [0.1, 0.15) is 39.5 Å². The molecule has 0 radical (unpaired) electrons. The van der Waals surface area contributed by atoms with Crippen LogP contribution >= 0.6 is 0 Å². The van der Waals surface area contributed by atoms with E-state index < -0.39 is 26.4 Å².